The first-order valence-corrected chi connectivity index (χ1v) is 10.7. The van der Waals surface area contributed by atoms with Gasteiger partial charge in [0.25, 0.3) is 0 Å². The summed E-state index contributed by atoms with van der Waals surface area (Å²) in [6.07, 6.45) is 2.66. The third-order valence-electron chi connectivity index (χ3n) is 5.52. The fourth-order valence-corrected chi connectivity index (χ4v) is 3.81. The summed E-state index contributed by atoms with van der Waals surface area (Å²) in [5.41, 5.74) is 3.68. The zero-order valence-corrected chi connectivity index (χ0v) is 18.2. The summed E-state index contributed by atoms with van der Waals surface area (Å²) in [6, 6.07) is 10.7. The normalized spacial score (nSPS) is 18.2. The molecule has 0 spiro atoms. The van der Waals surface area contributed by atoms with Gasteiger partial charge in [-0.05, 0) is 42.3 Å². The van der Waals surface area contributed by atoms with Crippen molar-refractivity contribution in [1.29, 1.82) is 0 Å². The molecule has 2 N–H and O–H groups in total. The van der Waals surface area contributed by atoms with Crippen molar-refractivity contribution < 1.29 is 4.52 Å². The van der Waals surface area contributed by atoms with Gasteiger partial charge in [0.15, 0.2) is 11.7 Å². The molecule has 6 heteroatoms. The molecule has 1 unspecified atom stereocenters. The van der Waals surface area contributed by atoms with Crippen molar-refractivity contribution in [2.75, 3.05) is 20.1 Å². The van der Waals surface area contributed by atoms with Gasteiger partial charge in [-0.15, -0.1) is 0 Å². The van der Waals surface area contributed by atoms with Gasteiger partial charge < -0.3 is 15.2 Å². The topological polar surface area (TPSA) is 65.7 Å². The summed E-state index contributed by atoms with van der Waals surface area (Å²) in [4.78, 5) is 6.92. The van der Waals surface area contributed by atoms with E-state index < -0.39 is 0 Å². The van der Waals surface area contributed by atoms with Crippen LogP contribution in [0.25, 0.3) is 0 Å². The van der Waals surface area contributed by atoms with E-state index >= 15 is 0 Å². The molecule has 1 fully saturated rings. The van der Waals surface area contributed by atoms with Gasteiger partial charge in [0, 0.05) is 32.7 Å². The molecular weight excluding hydrogens is 362 g/mol. The van der Waals surface area contributed by atoms with Crippen LogP contribution < -0.4 is 10.6 Å². The lowest BCUT2D eigenvalue weighted by Crippen LogP contribution is -2.37. The third kappa shape index (κ3) is 6.32. The Morgan fingerprint density at radius 1 is 1.24 bits per heavy atom. The molecule has 0 bridgehead atoms. The van der Waals surface area contributed by atoms with Gasteiger partial charge in [0.1, 0.15) is 0 Å². The van der Waals surface area contributed by atoms with Gasteiger partial charge >= 0.3 is 0 Å². The van der Waals surface area contributed by atoms with E-state index in [1.165, 1.54) is 37.1 Å². The van der Waals surface area contributed by atoms with Crippen LogP contribution in [-0.4, -0.2) is 36.2 Å². The highest BCUT2D eigenvalue weighted by Crippen LogP contribution is 2.19. The molecule has 1 aromatic heterocycles. The zero-order chi connectivity index (χ0) is 20.6. The molecule has 0 radical (unpaired) electrons. The first-order valence-electron chi connectivity index (χ1n) is 10.7. The number of hydrogen-bond acceptors (Lipinski definition) is 4. The summed E-state index contributed by atoms with van der Waals surface area (Å²) in [6.45, 7) is 11.3. The molecule has 0 saturated carbocycles. The van der Waals surface area contributed by atoms with Gasteiger partial charge in [-0.1, -0.05) is 50.2 Å². The molecule has 6 nitrogen and oxygen atoms in total. The Morgan fingerprint density at radius 3 is 2.69 bits per heavy atom. The van der Waals surface area contributed by atoms with Crippen molar-refractivity contribution in [2.45, 2.75) is 59.2 Å². The smallest absolute Gasteiger partial charge is 0.191 e. The summed E-state index contributed by atoms with van der Waals surface area (Å²) in [5.74, 6) is 2.74. The van der Waals surface area contributed by atoms with E-state index in [1.807, 2.05) is 6.07 Å². The molecule has 0 aliphatic carbocycles. The average Bonchev–Trinajstić information content (AvgIpc) is 3.19. The van der Waals surface area contributed by atoms with Crippen LogP contribution in [0, 0.1) is 5.92 Å². The minimum Gasteiger partial charge on any atom is -0.359 e. The van der Waals surface area contributed by atoms with Crippen molar-refractivity contribution in [3.05, 3.63) is 52.9 Å². The minimum atomic E-state index is 0.365. The SMILES string of the molecule is CN=C(NCc1cc(C(C)C)no1)NCc1ccccc1CN1CCCC(C)C1. The lowest BCUT2D eigenvalue weighted by atomic mass is 9.99. The van der Waals surface area contributed by atoms with E-state index in [2.05, 4.69) is 70.7 Å². The summed E-state index contributed by atoms with van der Waals surface area (Å²) in [7, 11) is 1.79. The van der Waals surface area contributed by atoms with Gasteiger partial charge in [0.05, 0.1) is 12.2 Å². The Labute approximate surface area is 174 Å². The van der Waals surface area contributed by atoms with Crippen LogP contribution in [-0.2, 0) is 19.6 Å². The molecule has 0 amide bonds. The Morgan fingerprint density at radius 2 is 2.00 bits per heavy atom. The fraction of sp³-hybridized carbons (Fsp3) is 0.565. The highest BCUT2D eigenvalue weighted by atomic mass is 16.5. The van der Waals surface area contributed by atoms with Crippen molar-refractivity contribution in [1.82, 2.24) is 20.7 Å². The first kappa shape index (κ1) is 21.4. The van der Waals surface area contributed by atoms with Crippen LogP contribution in [0.15, 0.2) is 39.8 Å². The van der Waals surface area contributed by atoms with Crippen LogP contribution in [0.5, 0.6) is 0 Å². The van der Waals surface area contributed by atoms with Crippen LogP contribution in [0.2, 0.25) is 0 Å². The van der Waals surface area contributed by atoms with Crippen LogP contribution >= 0.6 is 0 Å². The second-order valence-corrected chi connectivity index (χ2v) is 8.40. The number of piperidine rings is 1. The van der Waals surface area contributed by atoms with Crippen molar-refractivity contribution >= 4 is 5.96 Å². The van der Waals surface area contributed by atoms with Crippen molar-refractivity contribution in [3.63, 3.8) is 0 Å². The molecule has 1 saturated heterocycles. The largest absolute Gasteiger partial charge is 0.359 e. The summed E-state index contributed by atoms with van der Waals surface area (Å²) in [5, 5.41) is 10.8. The maximum Gasteiger partial charge on any atom is 0.191 e. The Bertz CT molecular complexity index is 798. The second kappa shape index (κ2) is 10.4. The molecule has 1 aliphatic rings. The van der Waals surface area contributed by atoms with Crippen LogP contribution in [0.3, 0.4) is 0 Å². The highest BCUT2D eigenvalue weighted by Gasteiger charge is 2.17. The number of nitrogens with zero attached hydrogens (tertiary/aromatic N) is 3. The Kier molecular flexibility index (Phi) is 7.69. The Balaban J connectivity index is 1.53. The number of aromatic nitrogens is 1. The predicted molar refractivity (Wildman–Crippen MR) is 118 cm³/mol. The lowest BCUT2D eigenvalue weighted by Gasteiger charge is -2.31. The molecule has 3 rings (SSSR count). The lowest BCUT2D eigenvalue weighted by molar-refractivity contribution is 0.176. The number of guanidine groups is 1. The van der Waals surface area contributed by atoms with Gasteiger partial charge in [-0.2, -0.15) is 0 Å². The molecule has 2 heterocycles. The number of rotatable bonds is 7. The van der Waals surface area contributed by atoms with Gasteiger partial charge in [-0.25, -0.2) is 0 Å². The predicted octanol–water partition coefficient (Wildman–Crippen LogP) is 3.90. The molecular formula is C23H35N5O. The molecule has 1 atom stereocenters. The van der Waals surface area contributed by atoms with Crippen LogP contribution in [0.1, 0.15) is 62.1 Å². The monoisotopic (exact) mass is 397 g/mol. The summed E-state index contributed by atoms with van der Waals surface area (Å²) < 4.78 is 5.40. The van der Waals surface area contributed by atoms with E-state index in [1.54, 1.807) is 7.05 Å². The Hall–Kier alpha value is -2.34. The van der Waals surface area contributed by atoms with Crippen LogP contribution in [0.4, 0.5) is 0 Å². The third-order valence-corrected chi connectivity index (χ3v) is 5.52. The zero-order valence-electron chi connectivity index (χ0n) is 18.2. The maximum absolute atomic E-state index is 5.40. The molecule has 158 valence electrons. The van der Waals surface area contributed by atoms with E-state index in [9.17, 15) is 0 Å². The molecule has 2 aromatic rings. The van der Waals surface area contributed by atoms with E-state index in [-0.39, 0.29) is 0 Å². The number of likely N-dealkylation sites (tertiary alicyclic amines) is 1. The fourth-order valence-electron chi connectivity index (χ4n) is 3.81. The van der Waals surface area contributed by atoms with E-state index in [0.717, 1.165) is 36.4 Å². The number of hydrogen-bond donors (Lipinski definition) is 2. The molecule has 1 aliphatic heterocycles. The number of nitrogens with one attached hydrogen (secondary N) is 2. The maximum atomic E-state index is 5.40. The molecule has 1 aromatic carbocycles. The minimum absolute atomic E-state index is 0.365. The quantitative estimate of drug-likeness (QED) is 0.548. The van der Waals surface area contributed by atoms with Gasteiger partial charge in [-0.3, -0.25) is 9.89 Å². The van der Waals surface area contributed by atoms with E-state index in [4.69, 9.17) is 4.52 Å². The van der Waals surface area contributed by atoms with E-state index in [0.29, 0.717) is 12.5 Å². The number of aliphatic imine (C=N–C) groups is 1. The highest BCUT2D eigenvalue weighted by molar-refractivity contribution is 5.79. The number of benzene rings is 1. The van der Waals surface area contributed by atoms with Gasteiger partial charge in [0.2, 0.25) is 0 Å². The second-order valence-electron chi connectivity index (χ2n) is 8.40. The molecule has 29 heavy (non-hydrogen) atoms. The standard InChI is InChI=1S/C23H35N5O/c1-17(2)22-12-21(29-27-22)14-26-23(24-4)25-13-19-9-5-6-10-20(19)16-28-11-7-8-18(3)15-28/h5-6,9-10,12,17-18H,7-8,11,13-16H2,1-4H3,(H2,24,25,26). The van der Waals surface area contributed by atoms with Crippen molar-refractivity contribution in [3.8, 4) is 0 Å². The van der Waals surface area contributed by atoms with Crippen molar-refractivity contribution in [2.24, 2.45) is 10.9 Å². The first-order chi connectivity index (χ1) is 14.0. The average molecular weight is 398 g/mol. The summed E-state index contributed by atoms with van der Waals surface area (Å²) >= 11 is 0.